The number of hydrazine groups is 1. The van der Waals surface area contributed by atoms with E-state index >= 15 is 0 Å². The molecule has 0 radical (unpaired) electrons. The SMILES string of the molecule is Cc1nc(C2CC2)nc2sc(C(=O)NNC(=O)CSc3ccc(Cl)cc3)c(C)c12. The summed E-state index contributed by atoms with van der Waals surface area (Å²) in [7, 11) is 0. The highest BCUT2D eigenvalue weighted by atomic mass is 35.5. The number of thiophene rings is 1. The molecule has 0 atom stereocenters. The molecule has 9 heteroatoms. The summed E-state index contributed by atoms with van der Waals surface area (Å²) >= 11 is 8.56. The van der Waals surface area contributed by atoms with Crippen LogP contribution in [0.2, 0.25) is 5.02 Å². The molecule has 0 spiro atoms. The lowest BCUT2D eigenvalue weighted by molar-refractivity contribution is -0.119. The van der Waals surface area contributed by atoms with Crippen LogP contribution in [-0.4, -0.2) is 27.5 Å². The molecule has 1 fully saturated rings. The Balaban J connectivity index is 1.39. The van der Waals surface area contributed by atoms with Gasteiger partial charge in [-0.05, 0) is 56.5 Å². The van der Waals surface area contributed by atoms with Crippen LogP contribution < -0.4 is 10.9 Å². The van der Waals surface area contributed by atoms with Crippen molar-refractivity contribution in [3.8, 4) is 0 Å². The minimum Gasteiger partial charge on any atom is -0.272 e. The molecule has 0 saturated heterocycles. The number of rotatable bonds is 5. The van der Waals surface area contributed by atoms with Gasteiger partial charge in [0.15, 0.2) is 0 Å². The van der Waals surface area contributed by atoms with Crippen LogP contribution in [0.1, 0.15) is 45.5 Å². The number of carbonyl (C=O) groups is 2. The monoisotopic (exact) mass is 446 g/mol. The maximum absolute atomic E-state index is 12.6. The first kappa shape index (κ1) is 20.1. The second-order valence-corrected chi connectivity index (χ2v) is 9.41. The first-order valence-corrected chi connectivity index (χ1v) is 11.4. The van der Waals surface area contributed by atoms with E-state index in [1.54, 1.807) is 12.1 Å². The minimum absolute atomic E-state index is 0.183. The highest BCUT2D eigenvalue weighted by Crippen LogP contribution is 2.40. The normalized spacial score (nSPS) is 13.5. The number of halogens is 1. The Bertz CT molecular complexity index is 1090. The predicted molar refractivity (Wildman–Crippen MR) is 117 cm³/mol. The Morgan fingerprint density at radius 3 is 2.59 bits per heavy atom. The van der Waals surface area contributed by atoms with E-state index in [1.165, 1.54) is 23.1 Å². The van der Waals surface area contributed by atoms with Crippen LogP contribution in [0.3, 0.4) is 0 Å². The predicted octanol–water partition coefficient (Wildman–Crippen LogP) is 4.39. The number of carbonyl (C=O) groups excluding carboxylic acids is 2. The summed E-state index contributed by atoms with van der Waals surface area (Å²) in [5.41, 5.74) is 6.71. The number of amides is 2. The lowest BCUT2D eigenvalue weighted by Gasteiger charge is -2.07. The molecule has 1 saturated carbocycles. The highest BCUT2D eigenvalue weighted by Gasteiger charge is 2.28. The number of hydrogen-bond acceptors (Lipinski definition) is 6. The molecule has 2 amide bonds. The zero-order valence-corrected chi connectivity index (χ0v) is 18.3. The van der Waals surface area contributed by atoms with E-state index in [0.29, 0.717) is 15.8 Å². The standard InChI is InChI=1S/C20H19ClN4O2S2/c1-10-16-11(2)22-18(12-3-4-12)23-20(16)29-17(10)19(27)25-24-15(26)9-28-14-7-5-13(21)6-8-14/h5-8,12H,3-4,9H2,1-2H3,(H,24,26)(H,25,27). The van der Waals surface area contributed by atoms with Gasteiger partial charge >= 0.3 is 0 Å². The average molecular weight is 447 g/mol. The summed E-state index contributed by atoms with van der Waals surface area (Å²) < 4.78 is 0. The Morgan fingerprint density at radius 1 is 1.17 bits per heavy atom. The van der Waals surface area contributed by atoms with E-state index in [2.05, 4.69) is 20.8 Å². The van der Waals surface area contributed by atoms with Gasteiger partial charge in [-0.3, -0.25) is 20.4 Å². The number of hydrogen-bond donors (Lipinski definition) is 2. The maximum Gasteiger partial charge on any atom is 0.280 e. The van der Waals surface area contributed by atoms with E-state index in [0.717, 1.165) is 45.0 Å². The van der Waals surface area contributed by atoms with Crippen molar-refractivity contribution in [1.29, 1.82) is 0 Å². The van der Waals surface area contributed by atoms with Gasteiger partial charge in [-0.25, -0.2) is 9.97 Å². The molecule has 2 N–H and O–H groups in total. The Labute approximate surface area is 181 Å². The molecule has 4 rings (SSSR count). The molecule has 1 aliphatic carbocycles. The number of nitrogens with zero attached hydrogens (tertiary/aromatic N) is 2. The molecule has 2 heterocycles. The van der Waals surface area contributed by atoms with Crippen LogP contribution in [0, 0.1) is 13.8 Å². The Hall–Kier alpha value is -2.16. The van der Waals surface area contributed by atoms with Crippen LogP contribution >= 0.6 is 34.7 Å². The van der Waals surface area contributed by atoms with Gasteiger partial charge in [0.25, 0.3) is 5.91 Å². The smallest absolute Gasteiger partial charge is 0.272 e. The van der Waals surface area contributed by atoms with Gasteiger partial charge in [-0.2, -0.15) is 0 Å². The quantitative estimate of drug-likeness (QED) is 0.448. The highest BCUT2D eigenvalue weighted by molar-refractivity contribution is 8.00. The maximum atomic E-state index is 12.6. The van der Waals surface area contributed by atoms with Crippen molar-refractivity contribution in [3.63, 3.8) is 0 Å². The second-order valence-electron chi connectivity index (χ2n) is 6.92. The largest absolute Gasteiger partial charge is 0.280 e. The second kappa shape index (κ2) is 8.30. The van der Waals surface area contributed by atoms with Crippen LogP contribution in [0.25, 0.3) is 10.2 Å². The lowest BCUT2D eigenvalue weighted by atomic mass is 10.1. The number of thioether (sulfide) groups is 1. The molecular formula is C20H19ClN4O2S2. The van der Waals surface area contributed by atoms with Crippen molar-refractivity contribution in [2.24, 2.45) is 0 Å². The molecular weight excluding hydrogens is 428 g/mol. The molecule has 0 aliphatic heterocycles. The first-order valence-electron chi connectivity index (χ1n) is 9.17. The molecule has 6 nitrogen and oxygen atoms in total. The van der Waals surface area contributed by atoms with Crippen molar-refractivity contribution in [2.75, 3.05) is 5.75 Å². The summed E-state index contributed by atoms with van der Waals surface area (Å²) in [6.07, 6.45) is 2.26. The van der Waals surface area contributed by atoms with Crippen molar-refractivity contribution in [1.82, 2.24) is 20.8 Å². The van der Waals surface area contributed by atoms with E-state index in [-0.39, 0.29) is 17.6 Å². The van der Waals surface area contributed by atoms with Crippen LogP contribution in [0.5, 0.6) is 0 Å². The van der Waals surface area contributed by atoms with E-state index in [9.17, 15) is 9.59 Å². The molecule has 2 aromatic heterocycles. The number of aryl methyl sites for hydroxylation is 2. The molecule has 0 bridgehead atoms. The molecule has 3 aromatic rings. The zero-order valence-electron chi connectivity index (χ0n) is 15.9. The van der Waals surface area contributed by atoms with Crippen LogP contribution in [0.4, 0.5) is 0 Å². The van der Waals surface area contributed by atoms with Crippen molar-refractivity contribution in [3.05, 3.63) is 51.2 Å². The molecule has 150 valence electrons. The number of benzene rings is 1. The fraction of sp³-hybridized carbons (Fsp3) is 0.300. The first-order chi connectivity index (χ1) is 13.9. The van der Waals surface area contributed by atoms with Crippen LogP contribution in [0.15, 0.2) is 29.2 Å². The lowest BCUT2D eigenvalue weighted by Crippen LogP contribution is -2.42. The Morgan fingerprint density at radius 2 is 1.90 bits per heavy atom. The molecule has 29 heavy (non-hydrogen) atoms. The number of aromatic nitrogens is 2. The molecule has 1 aliphatic rings. The summed E-state index contributed by atoms with van der Waals surface area (Å²) in [5.74, 6) is 0.876. The topological polar surface area (TPSA) is 84.0 Å². The fourth-order valence-corrected chi connectivity index (χ4v) is 4.96. The van der Waals surface area contributed by atoms with Gasteiger partial charge in [0.1, 0.15) is 10.7 Å². The summed E-state index contributed by atoms with van der Waals surface area (Å²) in [6.45, 7) is 3.84. The summed E-state index contributed by atoms with van der Waals surface area (Å²) in [4.78, 5) is 36.2. The van der Waals surface area contributed by atoms with Gasteiger partial charge in [0.05, 0.1) is 16.3 Å². The van der Waals surface area contributed by atoms with E-state index < -0.39 is 0 Å². The van der Waals surface area contributed by atoms with Gasteiger partial charge in [-0.1, -0.05) is 11.6 Å². The van der Waals surface area contributed by atoms with Gasteiger partial charge in [0, 0.05) is 21.2 Å². The third-order valence-electron chi connectivity index (χ3n) is 4.64. The molecule has 0 unspecified atom stereocenters. The summed E-state index contributed by atoms with van der Waals surface area (Å²) in [6, 6.07) is 7.23. The van der Waals surface area contributed by atoms with Gasteiger partial charge in [0.2, 0.25) is 5.91 Å². The summed E-state index contributed by atoms with van der Waals surface area (Å²) in [5, 5.41) is 1.57. The molecule has 1 aromatic carbocycles. The van der Waals surface area contributed by atoms with Gasteiger partial charge in [-0.15, -0.1) is 23.1 Å². The third-order valence-corrected chi connectivity index (χ3v) is 7.08. The Kier molecular flexibility index (Phi) is 5.76. The zero-order chi connectivity index (χ0) is 20.5. The minimum atomic E-state index is -0.345. The van der Waals surface area contributed by atoms with Crippen molar-refractivity contribution < 1.29 is 9.59 Å². The average Bonchev–Trinajstić information content (AvgIpc) is 3.49. The fourth-order valence-electron chi connectivity index (χ4n) is 3.00. The van der Waals surface area contributed by atoms with E-state index in [1.807, 2.05) is 26.0 Å². The third kappa shape index (κ3) is 4.55. The number of nitrogens with one attached hydrogen (secondary N) is 2. The van der Waals surface area contributed by atoms with Crippen molar-refractivity contribution >= 4 is 56.7 Å². The van der Waals surface area contributed by atoms with Crippen LogP contribution in [-0.2, 0) is 4.79 Å². The van der Waals surface area contributed by atoms with Crippen molar-refractivity contribution in [2.45, 2.75) is 37.5 Å². The van der Waals surface area contributed by atoms with Gasteiger partial charge < -0.3 is 0 Å². The number of fused-ring (bicyclic) bond motifs is 1. The van der Waals surface area contributed by atoms with E-state index in [4.69, 9.17) is 11.6 Å².